The van der Waals surface area contributed by atoms with E-state index in [1.807, 2.05) is 36.4 Å². The fourth-order valence-corrected chi connectivity index (χ4v) is 5.38. The highest BCUT2D eigenvalue weighted by Crippen LogP contribution is 2.44. The normalized spacial score (nSPS) is 24.0. The summed E-state index contributed by atoms with van der Waals surface area (Å²) in [6.07, 6.45) is -0.110. The summed E-state index contributed by atoms with van der Waals surface area (Å²) in [7, 11) is 0. The Morgan fingerprint density at radius 2 is 1.76 bits per heavy atom. The molecule has 2 aliphatic heterocycles. The highest BCUT2D eigenvalue weighted by Gasteiger charge is 2.50. The molecule has 2 saturated heterocycles. The molecule has 0 aromatic heterocycles. The van der Waals surface area contributed by atoms with Gasteiger partial charge in [0.1, 0.15) is 18.7 Å². The number of likely N-dealkylation sites (tertiary alicyclic amines) is 1. The van der Waals surface area contributed by atoms with Gasteiger partial charge < -0.3 is 24.8 Å². The zero-order valence-electron chi connectivity index (χ0n) is 18.3. The lowest BCUT2D eigenvalue weighted by atomic mass is 9.98. The average Bonchev–Trinajstić information content (AvgIpc) is 3.49. The molecule has 8 heteroatoms. The van der Waals surface area contributed by atoms with E-state index in [1.54, 1.807) is 6.92 Å². The number of nitrogens with zero attached hydrogens (tertiary/aromatic N) is 1. The number of carbonyl (C=O) groups excluding carboxylic acids is 2. The van der Waals surface area contributed by atoms with E-state index in [0.717, 1.165) is 22.3 Å². The molecule has 5 rings (SSSR count). The zero-order valence-corrected chi connectivity index (χ0v) is 18.3. The van der Waals surface area contributed by atoms with Gasteiger partial charge in [-0.3, -0.25) is 4.79 Å². The van der Waals surface area contributed by atoms with Crippen molar-refractivity contribution >= 4 is 18.0 Å². The van der Waals surface area contributed by atoms with E-state index in [9.17, 15) is 19.5 Å². The topological polar surface area (TPSA) is 105 Å². The van der Waals surface area contributed by atoms with Gasteiger partial charge in [0.15, 0.2) is 0 Å². The Bertz CT molecular complexity index is 1060. The SMILES string of the molecule is C[C@H](NC(=O)OCC1c2ccccc2-c2ccccc21)C(=O)N1C(C(=O)O)C[C@@H]2OCC[C@@H]21. The molecule has 2 N–H and O–H groups in total. The van der Waals surface area contributed by atoms with Gasteiger partial charge in [-0.05, 0) is 35.6 Å². The number of carboxylic acid groups (broad SMARTS) is 1. The number of carboxylic acids is 1. The van der Waals surface area contributed by atoms with Crippen LogP contribution >= 0.6 is 0 Å². The molecule has 2 aromatic rings. The van der Waals surface area contributed by atoms with Crippen molar-refractivity contribution in [3.8, 4) is 11.1 Å². The Balaban J connectivity index is 1.24. The molecule has 2 amide bonds. The van der Waals surface area contributed by atoms with E-state index in [2.05, 4.69) is 17.4 Å². The third-order valence-corrected chi connectivity index (χ3v) is 6.91. The van der Waals surface area contributed by atoms with Crippen LogP contribution < -0.4 is 5.32 Å². The van der Waals surface area contributed by atoms with Crippen molar-refractivity contribution in [2.75, 3.05) is 13.2 Å². The predicted molar refractivity (Wildman–Crippen MR) is 119 cm³/mol. The molecule has 2 fully saturated rings. The molecule has 8 nitrogen and oxygen atoms in total. The highest BCUT2D eigenvalue weighted by atomic mass is 16.5. The van der Waals surface area contributed by atoms with E-state index < -0.39 is 30.1 Å². The van der Waals surface area contributed by atoms with Crippen LogP contribution in [0.2, 0.25) is 0 Å². The summed E-state index contributed by atoms with van der Waals surface area (Å²) in [5.74, 6) is -1.58. The van der Waals surface area contributed by atoms with Crippen LogP contribution in [-0.4, -0.2) is 65.4 Å². The van der Waals surface area contributed by atoms with Crippen LogP contribution in [-0.2, 0) is 19.1 Å². The molecular formula is C25H26N2O6. The van der Waals surface area contributed by atoms with Gasteiger partial charge in [-0.25, -0.2) is 9.59 Å². The van der Waals surface area contributed by atoms with Gasteiger partial charge >= 0.3 is 12.1 Å². The molecule has 1 aliphatic carbocycles. The lowest BCUT2D eigenvalue weighted by Gasteiger charge is -2.29. The Morgan fingerprint density at radius 1 is 1.12 bits per heavy atom. The summed E-state index contributed by atoms with van der Waals surface area (Å²) in [6.45, 7) is 2.19. The van der Waals surface area contributed by atoms with Crippen molar-refractivity contribution in [3.63, 3.8) is 0 Å². The second kappa shape index (κ2) is 8.51. The van der Waals surface area contributed by atoms with Crippen LogP contribution in [0.25, 0.3) is 11.1 Å². The number of carbonyl (C=O) groups is 3. The van der Waals surface area contributed by atoms with Gasteiger partial charge in [0, 0.05) is 18.9 Å². The molecule has 0 saturated carbocycles. The summed E-state index contributed by atoms with van der Waals surface area (Å²) < 4.78 is 11.1. The van der Waals surface area contributed by atoms with E-state index in [-0.39, 0.29) is 31.1 Å². The largest absolute Gasteiger partial charge is 0.480 e. The van der Waals surface area contributed by atoms with Gasteiger partial charge in [-0.15, -0.1) is 0 Å². The minimum absolute atomic E-state index is 0.0828. The first-order chi connectivity index (χ1) is 16.0. The molecule has 33 heavy (non-hydrogen) atoms. The van der Waals surface area contributed by atoms with E-state index in [4.69, 9.17) is 9.47 Å². The number of benzene rings is 2. The minimum atomic E-state index is -1.06. The highest BCUT2D eigenvalue weighted by molar-refractivity contribution is 5.90. The summed E-state index contributed by atoms with van der Waals surface area (Å²) in [6, 6.07) is 14.0. The van der Waals surface area contributed by atoms with Crippen LogP contribution in [0.1, 0.15) is 36.8 Å². The van der Waals surface area contributed by atoms with Crippen molar-refractivity contribution in [2.45, 2.75) is 49.9 Å². The number of rotatable bonds is 5. The number of alkyl carbamates (subject to hydrolysis) is 1. The molecule has 3 aliphatic rings. The number of amides is 2. The van der Waals surface area contributed by atoms with Crippen LogP contribution in [0.15, 0.2) is 48.5 Å². The number of hydrogen-bond acceptors (Lipinski definition) is 5. The Labute approximate surface area is 191 Å². The van der Waals surface area contributed by atoms with E-state index in [0.29, 0.717) is 13.0 Å². The maximum absolute atomic E-state index is 13.1. The first kappa shape index (κ1) is 21.5. The number of fused-ring (bicyclic) bond motifs is 4. The lowest BCUT2D eigenvalue weighted by molar-refractivity contribution is -0.150. The molecule has 2 aromatic carbocycles. The maximum Gasteiger partial charge on any atom is 0.407 e. The molecular weight excluding hydrogens is 424 g/mol. The minimum Gasteiger partial charge on any atom is -0.480 e. The van der Waals surface area contributed by atoms with E-state index >= 15 is 0 Å². The summed E-state index contributed by atoms with van der Waals surface area (Å²) >= 11 is 0. The second-order valence-corrected chi connectivity index (χ2v) is 8.79. The summed E-state index contributed by atoms with van der Waals surface area (Å²) in [4.78, 5) is 38.7. The van der Waals surface area contributed by atoms with Crippen LogP contribution in [0, 0.1) is 0 Å². The maximum atomic E-state index is 13.1. The third-order valence-electron chi connectivity index (χ3n) is 6.91. The number of nitrogens with one attached hydrogen (secondary N) is 1. The second-order valence-electron chi connectivity index (χ2n) is 8.79. The quantitative estimate of drug-likeness (QED) is 0.726. The van der Waals surface area contributed by atoms with Gasteiger partial charge in [-0.1, -0.05) is 48.5 Å². The van der Waals surface area contributed by atoms with Gasteiger partial charge in [0.25, 0.3) is 0 Å². The molecule has 172 valence electrons. The molecule has 0 radical (unpaired) electrons. The summed E-state index contributed by atoms with van der Waals surface area (Å²) in [5.41, 5.74) is 4.47. The van der Waals surface area contributed by atoms with Crippen LogP contribution in [0.5, 0.6) is 0 Å². The van der Waals surface area contributed by atoms with Crippen molar-refractivity contribution in [2.24, 2.45) is 0 Å². The van der Waals surface area contributed by atoms with E-state index in [1.165, 1.54) is 4.90 Å². The molecule has 1 unspecified atom stereocenters. The monoisotopic (exact) mass is 450 g/mol. The first-order valence-corrected chi connectivity index (χ1v) is 11.2. The van der Waals surface area contributed by atoms with Crippen molar-refractivity contribution < 1.29 is 29.0 Å². The molecule has 0 bridgehead atoms. The Morgan fingerprint density at radius 3 is 2.39 bits per heavy atom. The van der Waals surface area contributed by atoms with Crippen molar-refractivity contribution in [3.05, 3.63) is 59.7 Å². The lowest BCUT2D eigenvalue weighted by Crippen LogP contribution is -2.53. The third kappa shape index (κ3) is 3.74. The predicted octanol–water partition coefficient (Wildman–Crippen LogP) is 2.76. The molecule has 0 spiro atoms. The van der Waals surface area contributed by atoms with Crippen molar-refractivity contribution in [1.29, 1.82) is 0 Å². The first-order valence-electron chi connectivity index (χ1n) is 11.2. The Hall–Kier alpha value is -3.39. The standard InChI is InChI=1S/C25H26N2O6/c1-14(23(28)27-20-10-11-32-22(20)12-21(27)24(29)30)26-25(31)33-13-19-17-8-4-2-6-15(17)16-7-3-5-9-18(16)19/h2-9,14,19-22H,10-13H2,1H3,(H,26,31)(H,29,30)/t14-,20-,21?,22-/m0/s1. The Kier molecular flexibility index (Phi) is 5.54. The van der Waals surface area contributed by atoms with Crippen LogP contribution in [0.3, 0.4) is 0 Å². The molecule has 2 heterocycles. The average molecular weight is 450 g/mol. The van der Waals surface area contributed by atoms with Gasteiger partial charge in [0.2, 0.25) is 5.91 Å². The van der Waals surface area contributed by atoms with Gasteiger partial charge in [-0.2, -0.15) is 0 Å². The zero-order chi connectivity index (χ0) is 23.1. The number of ether oxygens (including phenoxy) is 2. The fraction of sp³-hybridized carbons (Fsp3) is 0.400. The smallest absolute Gasteiger partial charge is 0.407 e. The summed E-state index contributed by atoms with van der Waals surface area (Å²) in [5, 5.41) is 12.1. The molecule has 4 atom stereocenters. The fourth-order valence-electron chi connectivity index (χ4n) is 5.38. The number of aliphatic carboxylic acids is 1. The number of hydrogen-bond donors (Lipinski definition) is 2. The van der Waals surface area contributed by atoms with Crippen molar-refractivity contribution in [1.82, 2.24) is 10.2 Å². The van der Waals surface area contributed by atoms with Crippen LogP contribution in [0.4, 0.5) is 4.79 Å². The van der Waals surface area contributed by atoms with Gasteiger partial charge in [0.05, 0.1) is 12.1 Å².